The first kappa shape index (κ1) is 21.9. The van der Waals surface area contributed by atoms with E-state index >= 15 is 0 Å². The summed E-state index contributed by atoms with van der Waals surface area (Å²) in [6.07, 6.45) is -0.832. The van der Waals surface area contributed by atoms with Gasteiger partial charge in [-0.15, -0.1) is 0 Å². The molecule has 3 N–H and O–H groups in total. The van der Waals surface area contributed by atoms with Gasteiger partial charge in [0.1, 0.15) is 28.9 Å². The van der Waals surface area contributed by atoms with Crippen LogP contribution in [0.1, 0.15) is 25.0 Å². The zero-order valence-electron chi connectivity index (χ0n) is 16.8. The number of carbonyl (C=O) groups excluding carboxylic acids is 1. The molecule has 0 bridgehead atoms. The SMILES string of the molecule is COc1cc(OC)cc(C(C)(C)OC(=O)NC(Cc2ccc(O)cc2)C(=O)O)c1. The van der Waals surface area contributed by atoms with Gasteiger partial charge in [-0.1, -0.05) is 12.1 Å². The van der Waals surface area contributed by atoms with Crippen molar-refractivity contribution in [2.24, 2.45) is 0 Å². The third-order valence-corrected chi connectivity index (χ3v) is 4.36. The first-order valence-electron chi connectivity index (χ1n) is 8.88. The smallest absolute Gasteiger partial charge is 0.408 e. The van der Waals surface area contributed by atoms with Crippen molar-refractivity contribution in [2.75, 3.05) is 14.2 Å². The molecule has 0 heterocycles. The molecule has 0 saturated heterocycles. The molecule has 0 saturated carbocycles. The Kier molecular flexibility index (Phi) is 6.93. The van der Waals surface area contributed by atoms with E-state index in [0.717, 1.165) is 0 Å². The standard InChI is InChI=1S/C21H25NO7/c1-21(2,14-10-16(27-3)12-17(11-14)28-4)29-20(26)22-18(19(24)25)9-13-5-7-15(23)8-6-13/h5-8,10-12,18,23H,9H2,1-4H3,(H,22,26)(H,24,25). The highest BCUT2D eigenvalue weighted by atomic mass is 16.6. The van der Waals surface area contributed by atoms with Gasteiger partial charge in [0.25, 0.3) is 0 Å². The third kappa shape index (κ3) is 6.03. The number of phenols is 1. The molecule has 0 aliphatic heterocycles. The molecule has 0 aliphatic carbocycles. The maximum Gasteiger partial charge on any atom is 0.408 e. The summed E-state index contributed by atoms with van der Waals surface area (Å²) in [7, 11) is 3.03. The summed E-state index contributed by atoms with van der Waals surface area (Å²) >= 11 is 0. The normalized spacial score (nSPS) is 12.0. The molecule has 1 amide bonds. The zero-order valence-corrected chi connectivity index (χ0v) is 16.8. The molecular formula is C21H25NO7. The fourth-order valence-corrected chi connectivity index (χ4v) is 2.69. The van der Waals surface area contributed by atoms with Gasteiger partial charge in [-0.05, 0) is 43.7 Å². The number of hydrogen-bond donors (Lipinski definition) is 3. The average Bonchev–Trinajstić information content (AvgIpc) is 2.68. The lowest BCUT2D eigenvalue weighted by Crippen LogP contribution is -2.44. The van der Waals surface area contributed by atoms with Gasteiger partial charge in [0.2, 0.25) is 0 Å². The Balaban J connectivity index is 2.12. The number of amides is 1. The summed E-state index contributed by atoms with van der Waals surface area (Å²) < 4.78 is 16.0. The predicted octanol–water partition coefficient (Wildman–Crippen LogP) is 3.07. The van der Waals surface area contributed by atoms with Crippen LogP contribution in [0.3, 0.4) is 0 Å². The number of rotatable bonds is 8. The fraction of sp³-hybridized carbons (Fsp3) is 0.333. The second-order valence-corrected chi connectivity index (χ2v) is 6.91. The van der Waals surface area contributed by atoms with Gasteiger partial charge in [-0.3, -0.25) is 0 Å². The number of carbonyl (C=O) groups is 2. The van der Waals surface area contributed by atoms with Crippen molar-refractivity contribution < 1.29 is 34.0 Å². The number of carboxylic acid groups (broad SMARTS) is 1. The Labute approximate surface area is 169 Å². The molecule has 0 aliphatic rings. The van der Waals surface area contributed by atoms with Crippen molar-refractivity contribution in [2.45, 2.75) is 31.9 Å². The minimum atomic E-state index is -1.20. The first-order valence-corrected chi connectivity index (χ1v) is 8.88. The molecule has 0 fully saturated rings. The van der Waals surface area contributed by atoms with E-state index in [4.69, 9.17) is 14.2 Å². The topological polar surface area (TPSA) is 114 Å². The molecule has 0 aromatic heterocycles. The Morgan fingerprint density at radius 2 is 1.59 bits per heavy atom. The Morgan fingerprint density at radius 3 is 2.07 bits per heavy atom. The van der Waals surface area contributed by atoms with Crippen LogP contribution in [0.2, 0.25) is 0 Å². The van der Waals surface area contributed by atoms with Crippen LogP contribution in [-0.4, -0.2) is 42.5 Å². The fourth-order valence-electron chi connectivity index (χ4n) is 2.69. The third-order valence-electron chi connectivity index (χ3n) is 4.36. The molecule has 2 rings (SSSR count). The van der Waals surface area contributed by atoms with Gasteiger partial charge < -0.3 is 29.7 Å². The van der Waals surface area contributed by atoms with Crippen LogP contribution in [0.25, 0.3) is 0 Å². The molecular weight excluding hydrogens is 378 g/mol. The number of ether oxygens (including phenoxy) is 3. The molecule has 156 valence electrons. The monoisotopic (exact) mass is 403 g/mol. The van der Waals surface area contributed by atoms with Gasteiger partial charge in [-0.25, -0.2) is 9.59 Å². The molecule has 8 heteroatoms. The van der Waals surface area contributed by atoms with Crippen molar-refractivity contribution in [3.05, 3.63) is 53.6 Å². The van der Waals surface area contributed by atoms with Gasteiger partial charge >= 0.3 is 12.1 Å². The number of phenolic OH excluding ortho intramolecular Hbond substituents is 1. The lowest BCUT2D eigenvalue weighted by Gasteiger charge is -2.27. The lowest BCUT2D eigenvalue weighted by atomic mass is 9.97. The van der Waals surface area contributed by atoms with Crippen molar-refractivity contribution in [1.82, 2.24) is 5.32 Å². The first-order chi connectivity index (χ1) is 13.6. The van der Waals surface area contributed by atoms with Crippen LogP contribution >= 0.6 is 0 Å². The molecule has 1 unspecified atom stereocenters. The maximum atomic E-state index is 12.4. The quantitative estimate of drug-likeness (QED) is 0.620. The van der Waals surface area contributed by atoms with Crippen LogP contribution < -0.4 is 14.8 Å². The van der Waals surface area contributed by atoms with Gasteiger partial charge in [0.05, 0.1) is 14.2 Å². The summed E-state index contributed by atoms with van der Waals surface area (Å²) in [5, 5.41) is 21.1. The summed E-state index contributed by atoms with van der Waals surface area (Å²) in [4.78, 5) is 24.0. The van der Waals surface area contributed by atoms with Crippen LogP contribution in [0.4, 0.5) is 4.79 Å². The summed E-state index contributed by atoms with van der Waals surface area (Å²) in [6.45, 7) is 3.35. The molecule has 29 heavy (non-hydrogen) atoms. The minimum Gasteiger partial charge on any atom is -0.508 e. The zero-order chi connectivity index (χ0) is 21.6. The van der Waals surface area contributed by atoms with E-state index in [0.29, 0.717) is 22.6 Å². The van der Waals surface area contributed by atoms with Gasteiger partial charge in [0, 0.05) is 18.1 Å². The average molecular weight is 403 g/mol. The van der Waals surface area contributed by atoms with E-state index < -0.39 is 23.7 Å². The highest BCUT2D eigenvalue weighted by molar-refractivity contribution is 5.80. The number of aromatic hydroxyl groups is 1. The predicted molar refractivity (Wildman–Crippen MR) is 105 cm³/mol. The van der Waals surface area contributed by atoms with E-state index in [9.17, 15) is 19.8 Å². The largest absolute Gasteiger partial charge is 0.508 e. The molecule has 0 spiro atoms. The molecule has 1 atom stereocenters. The highest BCUT2D eigenvalue weighted by Crippen LogP contribution is 2.32. The van der Waals surface area contributed by atoms with Gasteiger partial charge in [0.15, 0.2) is 0 Å². The van der Waals surface area contributed by atoms with E-state index in [1.807, 2.05) is 0 Å². The second-order valence-electron chi connectivity index (χ2n) is 6.91. The van der Waals surface area contributed by atoms with Crippen molar-refractivity contribution in [3.63, 3.8) is 0 Å². The number of hydrogen-bond acceptors (Lipinski definition) is 6. The van der Waals surface area contributed by atoms with Crippen LogP contribution in [0.15, 0.2) is 42.5 Å². The molecule has 8 nitrogen and oxygen atoms in total. The van der Waals surface area contributed by atoms with Crippen LogP contribution in [-0.2, 0) is 21.6 Å². The summed E-state index contributed by atoms with van der Waals surface area (Å²) in [5.74, 6) is -0.0568. The second kappa shape index (κ2) is 9.18. The van der Waals surface area contributed by atoms with E-state index in [1.54, 1.807) is 44.2 Å². The number of benzene rings is 2. The van der Waals surface area contributed by atoms with Crippen LogP contribution in [0.5, 0.6) is 17.2 Å². The van der Waals surface area contributed by atoms with Crippen molar-refractivity contribution in [1.29, 1.82) is 0 Å². The van der Waals surface area contributed by atoms with E-state index in [1.165, 1.54) is 26.4 Å². The number of aliphatic carboxylic acids is 1. The molecule has 2 aromatic rings. The van der Waals surface area contributed by atoms with Crippen molar-refractivity contribution >= 4 is 12.1 Å². The highest BCUT2D eigenvalue weighted by Gasteiger charge is 2.29. The molecule has 2 aromatic carbocycles. The number of methoxy groups -OCH3 is 2. The van der Waals surface area contributed by atoms with Crippen molar-refractivity contribution in [3.8, 4) is 17.2 Å². The van der Waals surface area contributed by atoms with E-state index in [-0.39, 0.29) is 12.2 Å². The number of alkyl carbamates (subject to hydrolysis) is 1. The Morgan fingerprint density at radius 1 is 1.03 bits per heavy atom. The minimum absolute atomic E-state index is 0.0398. The van der Waals surface area contributed by atoms with Crippen LogP contribution in [0, 0.1) is 0 Å². The van der Waals surface area contributed by atoms with E-state index in [2.05, 4.69) is 5.32 Å². The lowest BCUT2D eigenvalue weighted by molar-refractivity contribution is -0.139. The number of carboxylic acids is 1. The maximum absolute atomic E-state index is 12.4. The summed E-state index contributed by atoms with van der Waals surface area (Å²) in [5.41, 5.74) is 0.189. The van der Waals surface area contributed by atoms with Gasteiger partial charge in [-0.2, -0.15) is 0 Å². The Hall–Kier alpha value is -3.42. The number of nitrogens with one attached hydrogen (secondary N) is 1. The summed E-state index contributed by atoms with van der Waals surface area (Å²) in [6, 6.07) is 10.00. The Bertz CT molecular complexity index is 840. The molecule has 0 radical (unpaired) electrons.